The van der Waals surface area contributed by atoms with Crippen LogP contribution in [0.1, 0.15) is 12.0 Å². The molecule has 8 nitrogen and oxygen atoms in total. The van der Waals surface area contributed by atoms with Crippen molar-refractivity contribution in [3.63, 3.8) is 0 Å². The summed E-state index contributed by atoms with van der Waals surface area (Å²) in [7, 11) is 1.36. The van der Waals surface area contributed by atoms with Gasteiger partial charge in [-0.2, -0.15) is 0 Å². The summed E-state index contributed by atoms with van der Waals surface area (Å²) in [5.74, 6) is -1.25. The number of hydrogen-bond acceptors (Lipinski definition) is 5. The van der Waals surface area contributed by atoms with Crippen LogP contribution in [0.3, 0.4) is 0 Å². The molecule has 0 radical (unpaired) electrons. The maximum Gasteiger partial charge on any atom is 0.321 e. The Bertz CT molecular complexity index is 486. The highest BCUT2D eigenvalue weighted by molar-refractivity contribution is 6.07. The first-order chi connectivity index (χ1) is 9.55. The monoisotopic (exact) mass is 281 g/mol. The van der Waals surface area contributed by atoms with Gasteiger partial charge in [-0.05, 0) is 17.7 Å². The molecule has 0 atom stereocenters. The Morgan fingerprint density at radius 3 is 2.35 bits per heavy atom. The summed E-state index contributed by atoms with van der Waals surface area (Å²) >= 11 is 0. The van der Waals surface area contributed by atoms with E-state index in [0.29, 0.717) is 5.69 Å². The number of hydrogen-bond donors (Lipinski definition) is 4. The number of benzene rings is 1. The molecule has 1 aromatic rings. The van der Waals surface area contributed by atoms with Crippen molar-refractivity contribution in [3.8, 4) is 0 Å². The summed E-state index contributed by atoms with van der Waals surface area (Å²) in [4.78, 5) is 37.6. The molecule has 8 heteroatoms. The van der Waals surface area contributed by atoms with Gasteiger partial charge in [0, 0.05) is 12.7 Å². The van der Waals surface area contributed by atoms with Crippen molar-refractivity contribution in [1.29, 1.82) is 0 Å². The zero-order chi connectivity index (χ0) is 15.0. The zero-order valence-corrected chi connectivity index (χ0v) is 10.8. The smallest absolute Gasteiger partial charge is 0.321 e. The van der Waals surface area contributed by atoms with E-state index in [1.165, 1.54) is 7.05 Å². The van der Waals surface area contributed by atoms with Gasteiger partial charge in [0.15, 0.2) is 0 Å². The maximum absolute atomic E-state index is 11.5. The molecule has 0 spiro atoms. The van der Waals surface area contributed by atoms with Crippen LogP contribution in [0.25, 0.3) is 0 Å². The SMILES string of the molecule is CNC(=O)NC(=O)CC(=O)Nc1ccc(COO)cc1. The molecule has 0 saturated heterocycles. The number of nitrogens with one attached hydrogen (secondary N) is 3. The van der Waals surface area contributed by atoms with Gasteiger partial charge in [0.1, 0.15) is 13.0 Å². The Kier molecular flexibility index (Phi) is 6.14. The highest BCUT2D eigenvalue weighted by Crippen LogP contribution is 2.10. The van der Waals surface area contributed by atoms with Gasteiger partial charge in [0.05, 0.1) is 0 Å². The molecular weight excluding hydrogens is 266 g/mol. The Balaban J connectivity index is 2.45. The van der Waals surface area contributed by atoms with E-state index in [4.69, 9.17) is 5.26 Å². The third-order valence-corrected chi connectivity index (χ3v) is 2.27. The van der Waals surface area contributed by atoms with Crippen LogP contribution in [0.2, 0.25) is 0 Å². The van der Waals surface area contributed by atoms with Crippen molar-refractivity contribution in [2.45, 2.75) is 13.0 Å². The summed E-state index contributed by atoms with van der Waals surface area (Å²) in [5.41, 5.74) is 1.22. The molecule has 0 heterocycles. The van der Waals surface area contributed by atoms with Crippen LogP contribution in [0.4, 0.5) is 10.5 Å². The number of carbonyl (C=O) groups excluding carboxylic acids is 3. The van der Waals surface area contributed by atoms with Gasteiger partial charge in [-0.25, -0.2) is 9.68 Å². The number of urea groups is 1. The molecule has 0 bridgehead atoms. The number of rotatable bonds is 5. The second-order valence-corrected chi connectivity index (χ2v) is 3.82. The minimum atomic E-state index is -0.702. The van der Waals surface area contributed by atoms with Crippen LogP contribution in [0.5, 0.6) is 0 Å². The van der Waals surface area contributed by atoms with Crippen LogP contribution in [0.15, 0.2) is 24.3 Å². The van der Waals surface area contributed by atoms with Crippen molar-refractivity contribution in [3.05, 3.63) is 29.8 Å². The molecule has 0 aliphatic rings. The van der Waals surface area contributed by atoms with Crippen LogP contribution in [-0.2, 0) is 21.1 Å². The largest absolute Gasteiger partial charge is 0.341 e. The molecule has 20 heavy (non-hydrogen) atoms. The number of amides is 4. The van der Waals surface area contributed by atoms with Crippen molar-refractivity contribution in [2.24, 2.45) is 0 Å². The Hall–Kier alpha value is -2.45. The third kappa shape index (κ3) is 5.46. The molecule has 0 aliphatic heterocycles. The predicted molar refractivity (Wildman–Crippen MR) is 69.7 cm³/mol. The van der Waals surface area contributed by atoms with E-state index in [2.05, 4.69) is 15.5 Å². The van der Waals surface area contributed by atoms with Crippen molar-refractivity contribution in [2.75, 3.05) is 12.4 Å². The minimum Gasteiger partial charge on any atom is -0.341 e. The quantitative estimate of drug-likeness (QED) is 0.355. The predicted octanol–water partition coefficient (Wildman–Crippen LogP) is 0.460. The van der Waals surface area contributed by atoms with Gasteiger partial charge in [-0.1, -0.05) is 12.1 Å². The summed E-state index contributed by atoms with van der Waals surface area (Å²) in [5, 5.41) is 15.0. The lowest BCUT2D eigenvalue weighted by Gasteiger charge is -2.06. The van der Waals surface area contributed by atoms with Crippen LogP contribution < -0.4 is 16.0 Å². The van der Waals surface area contributed by atoms with Gasteiger partial charge in [0.2, 0.25) is 11.8 Å². The highest BCUT2D eigenvalue weighted by atomic mass is 17.1. The molecule has 0 fully saturated rings. The average molecular weight is 281 g/mol. The van der Waals surface area contributed by atoms with E-state index in [-0.39, 0.29) is 6.61 Å². The maximum atomic E-state index is 11.5. The summed E-state index contributed by atoms with van der Waals surface area (Å²) in [6.45, 7) is 0.0444. The van der Waals surface area contributed by atoms with Crippen LogP contribution in [0, 0.1) is 0 Å². The van der Waals surface area contributed by atoms with Gasteiger partial charge >= 0.3 is 6.03 Å². The molecule has 0 aliphatic carbocycles. The standard InChI is InChI=1S/C12H15N3O5/c1-13-12(18)15-11(17)6-10(16)14-9-4-2-8(3-5-9)7-20-19/h2-5,19H,6-7H2,1H3,(H,14,16)(H2,13,15,17,18). The van der Waals surface area contributed by atoms with Crippen LogP contribution in [-0.4, -0.2) is 30.2 Å². The van der Waals surface area contributed by atoms with E-state index >= 15 is 0 Å². The fourth-order valence-corrected chi connectivity index (χ4v) is 1.34. The molecule has 4 N–H and O–H groups in total. The Morgan fingerprint density at radius 1 is 1.15 bits per heavy atom. The lowest BCUT2D eigenvalue weighted by atomic mass is 10.2. The Labute approximate surface area is 115 Å². The van der Waals surface area contributed by atoms with Gasteiger partial charge in [-0.15, -0.1) is 0 Å². The minimum absolute atomic E-state index is 0.0444. The fraction of sp³-hybridized carbons (Fsp3) is 0.250. The molecule has 4 amide bonds. The van der Waals surface area contributed by atoms with Gasteiger partial charge < -0.3 is 10.6 Å². The van der Waals surface area contributed by atoms with Crippen molar-refractivity contribution in [1.82, 2.24) is 10.6 Å². The molecule has 0 unspecified atom stereocenters. The van der Waals surface area contributed by atoms with E-state index in [1.54, 1.807) is 24.3 Å². The van der Waals surface area contributed by atoms with Gasteiger partial charge in [0.25, 0.3) is 0 Å². The molecule has 108 valence electrons. The second kappa shape index (κ2) is 7.87. The summed E-state index contributed by atoms with van der Waals surface area (Å²) in [6, 6.07) is 5.83. The van der Waals surface area contributed by atoms with Crippen molar-refractivity contribution < 1.29 is 24.5 Å². The van der Waals surface area contributed by atoms with E-state index in [0.717, 1.165) is 5.56 Å². The fourth-order valence-electron chi connectivity index (χ4n) is 1.34. The average Bonchev–Trinajstić information content (AvgIpc) is 2.40. The number of anilines is 1. The van der Waals surface area contributed by atoms with Gasteiger partial charge in [-0.3, -0.25) is 20.2 Å². The van der Waals surface area contributed by atoms with Crippen LogP contribution >= 0.6 is 0 Å². The lowest BCUT2D eigenvalue weighted by Crippen LogP contribution is -2.38. The van der Waals surface area contributed by atoms with Crippen molar-refractivity contribution >= 4 is 23.5 Å². The summed E-state index contributed by atoms with van der Waals surface area (Å²) in [6.07, 6.45) is -0.463. The first kappa shape index (κ1) is 15.6. The second-order valence-electron chi connectivity index (χ2n) is 3.82. The lowest BCUT2D eigenvalue weighted by molar-refractivity contribution is -0.253. The molecular formula is C12H15N3O5. The first-order valence-corrected chi connectivity index (χ1v) is 5.72. The molecule has 1 aromatic carbocycles. The topological polar surface area (TPSA) is 117 Å². The van der Waals surface area contributed by atoms with E-state index in [1.807, 2.05) is 5.32 Å². The molecule has 0 aromatic heterocycles. The molecule has 1 rings (SSSR count). The number of carbonyl (C=O) groups is 3. The third-order valence-electron chi connectivity index (χ3n) is 2.27. The zero-order valence-electron chi connectivity index (χ0n) is 10.8. The molecule has 0 saturated carbocycles. The normalized spacial score (nSPS) is 9.70. The van der Waals surface area contributed by atoms with E-state index < -0.39 is 24.3 Å². The van der Waals surface area contributed by atoms with E-state index in [9.17, 15) is 14.4 Å². The highest BCUT2D eigenvalue weighted by Gasteiger charge is 2.11. The number of imide groups is 1. The first-order valence-electron chi connectivity index (χ1n) is 5.72. The summed E-state index contributed by atoms with van der Waals surface area (Å²) < 4.78 is 0. The Morgan fingerprint density at radius 2 is 1.80 bits per heavy atom.